The van der Waals surface area contributed by atoms with Gasteiger partial charge in [-0.15, -0.1) is 0 Å². The Balaban J connectivity index is 2.69. The Morgan fingerprint density at radius 2 is 2.27 bits per heavy atom. The predicted molar refractivity (Wildman–Crippen MR) is 60.6 cm³/mol. The summed E-state index contributed by atoms with van der Waals surface area (Å²) in [4.78, 5) is 7.92. The summed E-state index contributed by atoms with van der Waals surface area (Å²) in [6.45, 7) is 4.86. The van der Waals surface area contributed by atoms with E-state index in [0.29, 0.717) is 24.0 Å². The molecule has 0 aromatic carbocycles. The summed E-state index contributed by atoms with van der Waals surface area (Å²) >= 11 is 0. The van der Waals surface area contributed by atoms with Gasteiger partial charge < -0.3 is 15.8 Å². The van der Waals surface area contributed by atoms with E-state index in [1.165, 1.54) is 6.33 Å². The van der Waals surface area contributed by atoms with Crippen molar-refractivity contribution in [2.45, 2.75) is 19.9 Å². The number of nitrogens with one attached hydrogen (secondary N) is 1. The van der Waals surface area contributed by atoms with Gasteiger partial charge in [0, 0.05) is 7.11 Å². The lowest BCUT2D eigenvalue weighted by atomic mass is 10.1. The number of methoxy groups -OCH3 is 1. The van der Waals surface area contributed by atoms with E-state index in [9.17, 15) is 0 Å². The molecular formula is C10H18N4O. The fourth-order valence-corrected chi connectivity index (χ4v) is 1.22. The summed E-state index contributed by atoms with van der Waals surface area (Å²) in [7, 11) is 1.68. The minimum Gasteiger partial charge on any atom is -0.394 e. The van der Waals surface area contributed by atoms with Crippen molar-refractivity contribution in [2.75, 3.05) is 24.8 Å². The third-order valence-corrected chi connectivity index (χ3v) is 2.21. The van der Waals surface area contributed by atoms with Crippen LogP contribution >= 0.6 is 0 Å². The fourth-order valence-electron chi connectivity index (χ4n) is 1.22. The Hall–Kier alpha value is -1.36. The number of hydrogen-bond donors (Lipinski definition) is 2. The summed E-state index contributed by atoms with van der Waals surface area (Å²) < 4.78 is 5.13. The Bertz CT molecular complexity index is 303. The maximum absolute atomic E-state index is 5.74. The summed E-state index contributed by atoms with van der Waals surface area (Å²) in [6.07, 6.45) is 3.06. The molecule has 5 heteroatoms. The highest BCUT2D eigenvalue weighted by molar-refractivity contribution is 5.59. The van der Waals surface area contributed by atoms with E-state index in [1.807, 2.05) is 0 Å². The highest BCUT2D eigenvalue weighted by atomic mass is 16.5. The van der Waals surface area contributed by atoms with Crippen LogP contribution in [0.1, 0.15) is 13.8 Å². The molecule has 1 unspecified atom stereocenters. The van der Waals surface area contributed by atoms with Crippen LogP contribution in [0, 0.1) is 5.92 Å². The predicted octanol–water partition coefficient (Wildman–Crippen LogP) is 1.14. The quantitative estimate of drug-likeness (QED) is 0.762. The molecule has 1 aromatic heterocycles. The number of hydrogen-bond acceptors (Lipinski definition) is 5. The molecule has 0 bridgehead atoms. The summed E-state index contributed by atoms with van der Waals surface area (Å²) in [5, 5.41) is 3.25. The third-order valence-electron chi connectivity index (χ3n) is 2.21. The Kier molecular flexibility index (Phi) is 4.30. The molecule has 0 amide bonds. The molecule has 0 spiro atoms. The van der Waals surface area contributed by atoms with Crippen LogP contribution < -0.4 is 11.1 Å². The van der Waals surface area contributed by atoms with E-state index in [4.69, 9.17) is 10.5 Å². The topological polar surface area (TPSA) is 73.1 Å². The van der Waals surface area contributed by atoms with Crippen LogP contribution in [0.4, 0.5) is 11.5 Å². The van der Waals surface area contributed by atoms with Crippen molar-refractivity contribution in [1.29, 1.82) is 0 Å². The van der Waals surface area contributed by atoms with E-state index in [0.717, 1.165) is 0 Å². The van der Waals surface area contributed by atoms with Gasteiger partial charge in [-0.1, -0.05) is 13.8 Å². The zero-order valence-electron chi connectivity index (χ0n) is 9.40. The first-order valence-corrected chi connectivity index (χ1v) is 4.96. The number of nitrogens with two attached hydrogens (primary N) is 1. The largest absolute Gasteiger partial charge is 0.394 e. The normalized spacial score (nSPS) is 12.8. The molecule has 1 atom stereocenters. The van der Waals surface area contributed by atoms with Crippen LogP contribution in [0.5, 0.6) is 0 Å². The van der Waals surface area contributed by atoms with E-state index < -0.39 is 0 Å². The number of nitrogen functional groups attached to an aromatic ring is 1. The average molecular weight is 210 g/mol. The molecule has 0 fully saturated rings. The number of nitrogens with zero attached hydrogens (tertiary/aromatic N) is 2. The highest BCUT2D eigenvalue weighted by Crippen LogP contribution is 2.15. The van der Waals surface area contributed by atoms with Gasteiger partial charge in [-0.05, 0) is 5.92 Å². The standard InChI is InChI=1S/C10H18N4O/c1-7(2)9(5-15-3)14-10-8(11)4-12-6-13-10/h4,6-7,9H,5,11H2,1-3H3,(H,12,13,14). The molecule has 0 saturated heterocycles. The van der Waals surface area contributed by atoms with Gasteiger partial charge >= 0.3 is 0 Å². The third kappa shape index (κ3) is 3.36. The molecule has 15 heavy (non-hydrogen) atoms. The number of rotatable bonds is 5. The molecule has 5 nitrogen and oxygen atoms in total. The minimum atomic E-state index is 0.201. The first-order valence-electron chi connectivity index (χ1n) is 4.96. The van der Waals surface area contributed by atoms with Crippen molar-refractivity contribution >= 4 is 11.5 Å². The lowest BCUT2D eigenvalue weighted by molar-refractivity contribution is 0.171. The van der Waals surface area contributed by atoms with Gasteiger partial charge in [0.2, 0.25) is 0 Å². The van der Waals surface area contributed by atoms with Crippen molar-refractivity contribution in [2.24, 2.45) is 5.92 Å². The van der Waals surface area contributed by atoms with Crippen molar-refractivity contribution in [1.82, 2.24) is 9.97 Å². The van der Waals surface area contributed by atoms with Crippen LogP contribution in [0.15, 0.2) is 12.5 Å². The zero-order chi connectivity index (χ0) is 11.3. The molecule has 0 radical (unpaired) electrons. The lowest BCUT2D eigenvalue weighted by Gasteiger charge is -2.22. The summed E-state index contributed by atoms with van der Waals surface area (Å²) in [6, 6.07) is 0.201. The second-order valence-corrected chi connectivity index (χ2v) is 3.78. The molecule has 84 valence electrons. The van der Waals surface area contributed by atoms with Crippen LogP contribution in [0.3, 0.4) is 0 Å². The van der Waals surface area contributed by atoms with E-state index in [-0.39, 0.29) is 6.04 Å². The second kappa shape index (κ2) is 5.50. The van der Waals surface area contributed by atoms with Crippen LogP contribution in [0.25, 0.3) is 0 Å². The Morgan fingerprint density at radius 1 is 1.53 bits per heavy atom. The number of aromatic nitrogens is 2. The first kappa shape index (κ1) is 11.7. The maximum Gasteiger partial charge on any atom is 0.152 e. The molecule has 0 aliphatic heterocycles. The smallest absolute Gasteiger partial charge is 0.152 e. The molecule has 1 heterocycles. The maximum atomic E-state index is 5.74. The fraction of sp³-hybridized carbons (Fsp3) is 0.600. The second-order valence-electron chi connectivity index (χ2n) is 3.78. The van der Waals surface area contributed by atoms with Gasteiger partial charge in [0.1, 0.15) is 6.33 Å². The molecular weight excluding hydrogens is 192 g/mol. The molecule has 1 aromatic rings. The Labute approximate surface area is 90.1 Å². The summed E-state index contributed by atoms with van der Waals surface area (Å²) in [5.41, 5.74) is 6.29. The number of anilines is 2. The van der Waals surface area contributed by atoms with Gasteiger partial charge in [-0.3, -0.25) is 0 Å². The SMILES string of the molecule is COCC(Nc1ncncc1N)C(C)C. The Morgan fingerprint density at radius 3 is 2.80 bits per heavy atom. The van der Waals surface area contributed by atoms with E-state index in [2.05, 4.69) is 29.1 Å². The highest BCUT2D eigenvalue weighted by Gasteiger charge is 2.14. The number of ether oxygens (including phenoxy) is 1. The van der Waals surface area contributed by atoms with Gasteiger partial charge in [-0.25, -0.2) is 9.97 Å². The van der Waals surface area contributed by atoms with Gasteiger partial charge in [0.05, 0.1) is 24.5 Å². The van der Waals surface area contributed by atoms with Crippen LogP contribution in [-0.2, 0) is 4.74 Å². The van der Waals surface area contributed by atoms with Crippen molar-refractivity contribution < 1.29 is 4.74 Å². The molecule has 1 rings (SSSR count). The zero-order valence-corrected chi connectivity index (χ0v) is 9.40. The monoisotopic (exact) mass is 210 g/mol. The van der Waals surface area contributed by atoms with E-state index in [1.54, 1.807) is 13.3 Å². The van der Waals surface area contributed by atoms with Gasteiger partial charge in [-0.2, -0.15) is 0 Å². The summed E-state index contributed by atoms with van der Waals surface area (Å²) in [5.74, 6) is 1.11. The van der Waals surface area contributed by atoms with Crippen molar-refractivity contribution in [3.05, 3.63) is 12.5 Å². The lowest BCUT2D eigenvalue weighted by Crippen LogP contribution is -2.31. The average Bonchev–Trinajstić information content (AvgIpc) is 2.20. The minimum absolute atomic E-state index is 0.201. The van der Waals surface area contributed by atoms with Crippen molar-refractivity contribution in [3.8, 4) is 0 Å². The molecule has 0 aliphatic rings. The van der Waals surface area contributed by atoms with E-state index >= 15 is 0 Å². The molecule has 0 aliphatic carbocycles. The van der Waals surface area contributed by atoms with Crippen molar-refractivity contribution in [3.63, 3.8) is 0 Å². The van der Waals surface area contributed by atoms with Gasteiger partial charge in [0.15, 0.2) is 5.82 Å². The van der Waals surface area contributed by atoms with Crippen LogP contribution in [0.2, 0.25) is 0 Å². The first-order chi connectivity index (χ1) is 7.15. The molecule has 3 N–H and O–H groups in total. The molecule has 0 saturated carbocycles. The van der Waals surface area contributed by atoms with Crippen LogP contribution in [-0.4, -0.2) is 29.7 Å². The van der Waals surface area contributed by atoms with Gasteiger partial charge in [0.25, 0.3) is 0 Å².